The normalized spacial score (nSPS) is 20.8. The van der Waals surface area contributed by atoms with E-state index >= 15 is 0 Å². The van der Waals surface area contributed by atoms with E-state index in [-0.39, 0.29) is 5.56 Å². The molecule has 106 valence electrons. The van der Waals surface area contributed by atoms with Crippen LogP contribution >= 0.6 is 0 Å². The minimum Gasteiger partial charge on any atom is -0.496 e. The summed E-state index contributed by atoms with van der Waals surface area (Å²) in [7, 11) is 1.09. The summed E-state index contributed by atoms with van der Waals surface area (Å²) in [5.41, 5.74) is 3.75. The fraction of sp³-hybridized carbons (Fsp3) is 0.500. The number of benzene rings is 1. The minimum atomic E-state index is -4.56. The average Bonchev–Trinajstić information content (AvgIpc) is 2.24. The highest BCUT2D eigenvalue weighted by atomic mass is 19.4. The molecular formula is C12H12F5NO. The molecule has 1 saturated carbocycles. The molecule has 0 unspecified atom stereocenters. The van der Waals surface area contributed by atoms with Crippen LogP contribution < -0.4 is 10.5 Å². The molecule has 0 aliphatic heterocycles. The monoisotopic (exact) mass is 281 g/mol. The molecule has 0 atom stereocenters. The molecule has 0 amide bonds. The molecule has 2 rings (SSSR count). The molecule has 1 aliphatic carbocycles. The first-order valence-corrected chi connectivity index (χ1v) is 5.50. The van der Waals surface area contributed by atoms with E-state index in [9.17, 15) is 22.0 Å². The van der Waals surface area contributed by atoms with E-state index in [1.165, 1.54) is 0 Å². The van der Waals surface area contributed by atoms with Gasteiger partial charge in [0.05, 0.1) is 18.2 Å². The molecule has 7 heteroatoms. The minimum absolute atomic E-state index is 0.225. The Hall–Kier alpha value is -1.37. The van der Waals surface area contributed by atoms with Gasteiger partial charge >= 0.3 is 6.18 Å². The van der Waals surface area contributed by atoms with Gasteiger partial charge in [-0.15, -0.1) is 0 Å². The first kappa shape index (κ1) is 14.0. The molecule has 1 aromatic carbocycles. The summed E-state index contributed by atoms with van der Waals surface area (Å²) in [4.78, 5) is 0. The second-order valence-corrected chi connectivity index (χ2v) is 4.78. The number of hydrogen-bond acceptors (Lipinski definition) is 2. The fourth-order valence-corrected chi connectivity index (χ4v) is 2.31. The molecule has 2 nitrogen and oxygen atoms in total. The maximum atomic E-state index is 12.9. The Kier molecular flexibility index (Phi) is 3.00. The zero-order valence-corrected chi connectivity index (χ0v) is 10.0. The van der Waals surface area contributed by atoms with Gasteiger partial charge in [0, 0.05) is 12.8 Å². The van der Waals surface area contributed by atoms with E-state index in [0.717, 1.165) is 25.3 Å². The standard InChI is InChI=1S/C12H12F5NO/c1-19-9-4-7(2-3-8(9)12(15,16)17)10(18)5-11(13,14)6-10/h2-4H,5-6,18H2,1H3. The van der Waals surface area contributed by atoms with Gasteiger partial charge in [0.25, 0.3) is 5.92 Å². The zero-order valence-electron chi connectivity index (χ0n) is 10.0. The molecule has 2 N–H and O–H groups in total. The molecule has 1 fully saturated rings. The number of alkyl halides is 5. The second kappa shape index (κ2) is 4.06. The Morgan fingerprint density at radius 1 is 1.21 bits per heavy atom. The van der Waals surface area contributed by atoms with Crippen molar-refractivity contribution in [3.8, 4) is 5.75 Å². The predicted octanol–water partition coefficient (Wildman–Crippen LogP) is 3.30. The lowest BCUT2D eigenvalue weighted by molar-refractivity contribution is -0.139. The molecule has 0 radical (unpaired) electrons. The number of halogens is 5. The Morgan fingerprint density at radius 2 is 1.79 bits per heavy atom. The summed E-state index contributed by atoms with van der Waals surface area (Å²) in [6, 6.07) is 3.01. The second-order valence-electron chi connectivity index (χ2n) is 4.78. The number of ether oxygens (including phenoxy) is 1. The predicted molar refractivity (Wildman–Crippen MR) is 58.0 cm³/mol. The van der Waals surface area contributed by atoms with Gasteiger partial charge < -0.3 is 10.5 Å². The molecular weight excluding hydrogens is 269 g/mol. The van der Waals surface area contributed by atoms with Crippen molar-refractivity contribution in [2.45, 2.75) is 30.5 Å². The molecule has 0 heterocycles. The van der Waals surface area contributed by atoms with E-state index in [1.54, 1.807) is 0 Å². The molecule has 0 saturated heterocycles. The summed E-state index contributed by atoms with van der Waals surface area (Å²) in [5, 5.41) is 0. The molecule has 0 spiro atoms. The number of hydrogen-bond donors (Lipinski definition) is 1. The third-order valence-corrected chi connectivity index (χ3v) is 3.23. The molecule has 0 aromatic heterocycles. The highest BCUT2D eigenvalue weighted by Gasteiger charge is 2.55. The molecule has 1 aromatic rings. The van der Waals surface area contributed by atoms with Crippen LogP contribution in [0.3, 0.4) is 0 Å². The van der Waals surface area contributed by atoms with Crippen LogP contribution in [0.4, 0.5) is 22.0 Å². The van der Waals surface area contributed by atoms with Crippen LogP contribution in [0.2, 0.25) is 0 Å². The van der Waals surface area contributed by atoms with Crippen LogP contribution in [0.5, 0.6) is 5.75 Å². The van der Waals surface area contributed by atoms with Crippen LogP contribution in [0.15, 0.2) is 18.2 Å². The van der Waals surface area contributed by atoms with Crippen LogP contribution in [0.25, 0.3) is 0 Å². The number of rotatable bonds is 2. The third-order valence-electron chi connectivity index (χ3n) is 3.23. The van der Waals surface area contributed by atoms with Gasteiger partial charge in [-0.2, -0.15) is 13.2 Å². The SMILES string of the molecule is COc1cc(C2(N)CC(F)(F)C2)ccc1C(F)(F)F. The quantitative estimate of drug-likeness (QED) is 0.844. The lowest BCUT2D eigenvalue weighted by Crippen LogP contribution is -2.55. The Labute approximate surface area is 106 Å². The summed E-state index contributed by atoms with van der Waals surface area (Å²) < 4.78 is 68.4. The van der Waals surface area contributed by atoms with Crippen molar-refractivity contribution in [1.29, 1.82) is 0 Å². The smallest absolute Gasteiger partial charge is 0.419 e. The number of nitrogens with two attached hydrogens (primary N) is 1. The van der Waals surface area contributed by atoms with Crippen LogP contribution in [-0.2, 0) is 11.7 Å². The first-order chi connectivity index (χ1) is 8.57. The van der Waals surface area contributed by atoms with Crippen LogP contribution in [0.1, 0.15) is 24.0 Å². The maximum absolute atomic E-state index is 12.9. The van der Waals surface area contributed by atoms with Crippen LogP contribution in [-0.4, -0.2) is 13.0 Å². The van der Waals surface area contributed by atoms with Crippen molar-refractivity contribution >= 4 is 0 Å². The van der Waals surface area contributed by atoms with Crippen molar-refractivity contribution < 1.29 is 26.7 Å². The lowest BCUT2D eigenvalue weighted by Gasteiger charge is -2.45. The van der Waals surface area contributed by atoms with E-state index in [2.05, 4.69) is 4.74 Å². The number of methoxy groups -OCH3 is 1. The van der Waals surface area contributed by atoms with Crippen LogP contribution in [0, 0.1) is 0 Å². The summed E-state index contributed by atoms with van der Waals surface area (Å²) in [5.74, 6) is -3.27. The summed E-state index contributed by atoms with van der Waals surface area (Å²) in [6.07, 6.45) is -5.71. The zero-order chi connectivity index (χ0) is 14.5. The van der Waals surface area contributed by atoms with Crippen molar-refractivity contribution in [2.24, 2.45) is 5.73 Å². The lowest BCUT2D eigenvalue weighted by atomic mass is 9.69. The van der Waals surface area contributed by atoms with E-state index in [4.69, 9.17) is 5.73 Å². The van der Waals surface area contributed by atoms with E-state index in [0.29, 0.717) is 0 Å². The van der Waals surface area contributed by atoms with Crippen molar-refractivity contribution in [3.05, 3.63) is 29.3 Å². The van der Waals surface area contributed by atoms with Gasteiger partial charge in [-0.1, -0.05) is 6.07 Å². The van der Waals surface area contributed by atoms with Gasteiger partial charge in [-0.05, 0) is 17.7 Å². The summed E-state index contributed by atoms with van der Waals surface area (Å²) in [6.45, 7) is 0. The van der Waals surface area contributed by atoms with Crippen molar-refractivity contribution in [2.75, 3.05) is 7.11 Å². The topological polar surface area (TPSA) is 35.2 Å². The van der Waals surface area contributed by atoms with E-state index in [1.807, 2.05) is 0 Å². The van der Waals surface area contributed by atoms with Gasteiger partial charge in [-0.3, -0.25) is 0 Å². The molecule has 0 bridgehead atoms. The Morgan fingerprint density at radius 3 is 2.21 bits per heavy atom. The van der Waals surface area contributed by atoms with Crippen molar-refractivity contribution in [1.82, 2.24) is 0 Å². The highest BCUT2D eigenvalue weighted by Crippen LogP contribution is 2.51. The van der Waals surface area contributed by atoms with Gasteiger partial charge in [0.2, 0.25) is 0 Å². The van der Waals surface area contributed by atoms with Gasteiger partial charge in [0.1, 0.15) is 5.75 Å². The fourth-order valence-electron chi connectivity index (χ4n) is 2.31. The highest BCUT2D eigenvalue weighted by molar-refractivity contribution is 5.43. The maximum Gasteiger partial charge on any atom is 0.419 e. The molecule has 1 aliphatic rings. The Balaban J connectivity index is 2.36. The largest absolute Gasteiger partial charge is 0.496 e. The average molecular weight is 281 g/mol. The van der Waals surface area contributed by atoms with Gasteiger partial charge in [-0.25, -0.2) is 8.78 Å². The molecule has 19 heavy (non-hydrogen) atoms. The summed E-state index contributed by atoms with van der Waals surface area (Å²) >= 11 is 0. The Bertz CT molecular complexity index is 489. The van der Waals surface area contributed by atoms with E-state index < -0.39 is 41.8 Å². The van der Waals surface area contributed by atoms with Crippen molar-refractivity contribution in [3.63, 3.8) is 0 Å². The third kappa shape index (κ3) is 2.51. The van der Waals surface area contributed by atoms with Gasteiger partial charge in [0.15, 0.2) is 0 Å². The first-order valence-electron chi connectivity index (χ1n) is 5.50.